The number of benzene rings is 1. The van der Waals surface area contributed by atoms with Crippen LogP contribution in [0.5, 0.6) is 0 Å². The number of amides is 1. The average Bonchev–Trinajstić information content (AvgIpc) is 2.66. The van der Waals surface area contributed by atoms with Gasteiger partial charge in [-0.3, -0.25) is 4.79 Å². The molecule has 1 aromatic carbocycles. The molecule has 1 amide bonds. The quantitative estimate of drug-likeness (QED) is 0.563. The zero-order valence-corrected chi connectivity index (χ0v) is 18.8. The lowest BCUT2D eigenvalue weighted by molar-refractivity contribution is -0.0586. The van der Waals surface area contributed by atoms with Gasteiger partial charge in [0.15, 0.2) is 0 Å². The predicted octanol–water partition coefficient (Wildman–Crippen LogP) is 2.85. The molecule has 0 bridgehead atoms. The Morgan fingerprint density at radius 3 is 2.45 bits per heavy atom. The molecule has 2 atom stereocenters. The molecule has 8 heteroatoms. The van der Waals surface area contributed by atoms with Crippen LogP contribution in [0.15, 0.2) is 24.3 Å². The molecule has 0 spiro atoms. The number of nitrogens with one attached hydrogen (secondary N) is 2. The summed E-state index contributed by atoms with van der Waals surface area (Å²) in [5, 5.41) is 2.95. The van der Waals surface area contributed by atoms with E-state index in [4.69, 9.17) is 4.74 Å². The van der Waals surface area contributed by atoms with Gasteiger partial charge in [0.25, 0.3) is 5.91 Å². The number of unbranched alkanes of at least 4 members (excludes halogenated alkanes) is 2. The standard InChI is InChI=1S/C21H35N3O4S/c1-16(2)29(26,27)23-12-7-5-6-11-22-20-10-8-9-19(13-20)21(25)24-14-17(3)28-18(4)15-24/h8-10,13,16-18,22-23H,5-7,11-12,14-15H2,1-4H3/t17-,18+. The van der Waals surface area contributed by atoms with E-state index in [1.165, 1.54) is 0 Å². The number of hydrogen-bond acceptors (Lipinski definition) is 5. The zero-order valence-electron chi connectivity index (χ0n) is 18.0. The Labute approximate surface area is 175 Å². The summed E-state index contributed by atoms with van der Waals surface area (Å²) in [6.07, 6.45) is 2.76. The first-order valence-corrected chi connectivity index (χ1v) is 12.0. The van der Waals surface area contributed by atoms with Gasteiger partial charge in [-0.25, -0.2) is 13.1 Å². The van der Waals surface area contributed by atoms with Crippen LogP contribution in [0.4, 0.5) is 5.69 Å². The van der Waals surface area contributed by atoms with Crippen molar-refractivity contribution in [3.8, 4) is 0 Å². The number of nitrogens with zero attached hydrogens (tertiary/aromatic N) is 1. The summed E-state index contributed by atoms with van der Waals surface area (Å²) in [6, 6.07) is 7.59. The van der Waals surface area contributed by atoms with E-state index in [0.717, 1.165) is 31.5 Å². The molecule has 2 N–H and O–H groups in total. The van der Waals surface area contributed by atoms with Crippen molar-refractivity contribution in [1.82, 2.24) is 9.62 Å². The summed E-state index contributed by atoms with van der Waals surface area (Å²) in [6.45, 7) is 9.80. The van der Waals surface area contributed by atoms with Crippen LogP contribution in [-0.2, 0) is 14.8 Å². The molecule has 2 rings (SSSR count). The molecular formula is C21H35N3O4S. The lowest BCUT2D eigenvalue weighted by Crippen LogP contribution is -2.48. The van der Waals surface area contributed by atoms with Crippen LogP contribution in [0.1, 0.15) is 57.3 Å². The predicted molar refractivity (Wildman–Crippen MR) is 117 cm³/mol. The molecule has 1 fully saturated rings. The Morgan fingerprint density at radius 2 is 1.79 bits per heavy atom. The van der Waals surface area contributed by atoms with Crippen molar-refractivity contribution in [2.24, 2.45) is 0 Å². The first-order valence-electron chi connectivity index (χ1n) is 10.5. The molecule has 1 aliphatic heterocycles. The van der Waals surface area contributed by atoms with Gasteiger partial charge >= 0.3 is 0 Å². The Kier molecular flexibility index (Phi) is 8.92. The van der Waals surface area contributed by atoms with Crippen molar-refractivity contribution >= 4 is 21.6 Å². The largest absolute Gasteiger partial charge is 0.385 e. The third-order valence-electron chi connectivity index (χ3n) is 4.92. The smallest absolute Gasteiger partial charge is 0.254 e. The monoisotopic (exact) mass is 425 g/mol. The maximum absolute atomic E-state index is 12.8. The van der Waals surface area contributed by atoms with Gasteiger partial charge in [-0.15, -0.1) is 0 Å². The highest BCUT2D eigenvalue weighted by Gasteiger charge is 2.26. The SMILES string of the molecule is CC(C)S(=O)(=O)NCCCCCNc1cccc(C(=O)N2C[C@@H](C)O[C@@H](C)C2)c1. The van der Waals surface area contributed by atoms with E-state index in [1.54, 1.807) is 13.8 Å². The minimum absolute atomic E-state index is 0.0353. The third-order valence-corrected chi connectivity index (χ3v) is 6.77. The molecule has 7 nitrogen and oxygen atoms in total. The number of carbonyl (C=O) groups is 1. The van der Waals surface area contributed by atoms with E-state index in [2.05, 4.69) is 10.0 Å². The van der Waals surface area contributed by atoms with Crippen LogP contribution in [0.2, 0.25) is 0 Å². The van der Waals surface area contributed by atoms with Crippen LogP contribution in [0, 0.1) is 0 Å². The maximum Gasteiger partial charge on any atom is 0.254 e. The Hall–Kier alpha value is -1.64. The highest BCUT2D eigenvalue weighted by atomic mass is 32.2. The lowest BCUT2D eigenvalue weighted by Gasteiger charge is -2.35. The van der Waals surface area contributed by atoms with Gasteiger partial charge < -0.3 is 15.0 Å². The maximum atomic E-state index is 12.8. The van der Waals surface area contributed by atoms with Gasteiger partial charge in [-0.2, -0.15) is 0 Å². The number of sulfonamides is 1. The van der Waals surface area contributed by atoms with Gasteiger partial charge in [0.1, 0.15) is 0 Å². The molecule has 1 aliphatic rings. The lowest BCUT2D eigenvalue weighted by atomic mass is 10.1. The van der Waals surface area contributed by atoms with E-state index in [9.17, 15) is 13.2 Å². The molecule has 0 aliphatic carbocycles. The number of rotatable bonds is 10. The van der Waals surface area contributed by atoms with E-state index in [-0.39, 0.29) is 18.1 Å². The summed E-state index contributed by atoms with van der Waals surface area (Å²) >= 11 is 0. The number of morpholine rings is 1. The second-order valence-electron chi connectivity index (χ2n) is 8.02. The second kappa shape index (κ2) is 10.9. The molecule has 29 heavy (non-hydrogen) atoms. The normalized spacial score (nSPS) is 20.1. The third kappa shape index (κ3) is 7.60. The van der Waals surface area contributed by atoms with Gasteiger partial charge in [-0.05, 0) is 58.7 Å². The fourth-order valence-electron chi connectivity index (χ4n) is 3.33. The fourth-order valence-corrected chi connectivity index (χ4v) is 4.09. The van der Waals surface area contributed by atoms with E-state index in [0.29, 0.717) is 25.2 Å². The van der Waals surface area contributed by atoms with Crippen molar-refractivity contribution < 1.29 is 17.9 Å². The summed E-state index contributed by atoms with van der Waals surface area (Å²) in [5.74, 6) is 0.0353. The van der Waals surface area contributed by atoms with Crippen LogP contribution >= 0.6 is 0 Å². The molecule has 0 unspecified atom stereocenters. The van der Waals surface area contributed by atoms with E-state index >= 15 is 0 Å². The van der Waals surface area contributed by atoms with Crippen molar-refractivity contribution in [2.75, 3.05) is 31.5 Å². The highest BCUT2D eigenvalue weighted by Crippen LogP contribution is 2.17. The molecule has 1 saturated heterocycles. The zero-order chi connectivity index (χ0) is 21.4. The van der Waals surface area contributed by atoms with E-state index < -0.39 is 15.3 Å². The van der Waals surface area contributed by atoms with Gasteiger partial charge in [-0.1, -0.05) is 12.5 Å². The number of hydrogen-bond donors (Lipinski definition) is 2. The topological polar surface area (TPSA) is 87.7 Å². The molecule has 0 radical (unpaired) electrons. The van der Waals surface area contributed by atoms with Gasteiger partial charge in [0.2, 0.25) is 10.0 Å². The minimum atomic E-state index is -3.17. The summed E-state index contributed by atoms with van der Waals surface area (Å²) in [5.41, 5.74) is 1.60. The Balaban J connectivity index is 1.74. The van der Waals surface area contributed by atoms with Crippen LogP contribution in [0.3, 0.4) is 0 Å². The van der Waals surface area contributed by atoms with E-state index in [1.807, 2.05) is 43.0 Å². The molecule has 1 heterocycles. The summed E-state index contributed by atoms with van der Waals surface area (Å²) in [7, 11) is -3.17. The van der Waals surface area contributed by atoms with Crippen LogP contribution in [-0.4, -0.2) is 62.9 Å². The fraction of sp³-hybridized carbons (Fsp3) is 0.667. The number of carbonyl (C=O) groups excluding carboxylic acids is 1. The molecule has 0 saturated carbocycles. The van der Waals surface area contributed by atoms with Crippen LogP contribution in [0.25, 0.3) is 0 Å². The first-order chi connectivity index (χ1) is 13.7. The second-order valence-corrected chi connectivity index (χ2v) is 10.3. The minimum Gasteiger partial charge on any atom is -0.385 e. The van der Waals surface area contributed by atoms with Crippen molar-refractivity contribution in [1.29, 1.82) is 0 Å². The molecule has 164 valence electrons. The Bertz CT molecular complexity index is 757. The van der Waals surface area contributed by atoms with Gasteiger partial charge in [0, 0.05) is 37.4 Å². The highest BCUT2D eigenvalue weighted by molar-refractivity contribution is 7.90. The van der Waals surface area contributed by atoms with Gasteiger partial charge in [0.05, 0.1) is 17.5 Å². The van der Waals surface area contributed by atoms with Crippen molar-refractivity contribution in [3.05, 3.63) is 29.8 Å². The van der Waals surface area contributed by atoms with Crippen molar-refractivity contribution in [2.45, 2.75) is 64.4 Å². The molecule has 1 aromatic rings. The summed E-state index contributed by atoms with van der Waals surface area (Å²) in [4.78, 5) is 14.7. The summed E-state index contributed by atoms with van der Waals surface area (Å²) < 4.78 is 31.7. The molecule has 0 aromatic heterocycles. The van der Waals surface area contributed by atoms with Crippen LogP contribution < -0.4 is 10.0 Å². The Morgan fingerprint density at radius 1 is 1.14 bits per heavy atom. The molecular weight excluding hydrogens is 390 g/mol. The van der Waals surface area contributed by atoms with Crippen molar-refractivity contribution in [3.63, 3.8) is 0 Å². The first kappa shape index (κ1) is 23.6. The number of ether oxygens (including phenoxy) is 1. The number of anilines is 1. The average molecular weight is 426 g/mol.